The van der Waals surface area contributed by atoms with Gasteiger partial charge in [-0.3, -0.25) is 0 Å². The number of likely N-dealkylation sites (N-methyl/N-ethyl adjacent to an activating group) is 1. The number of nitrogens with zero attached hydrogens (tertiary/aromatic N) is 6. The van der Waals surface area contributed by atoms with Crippen LogP contribution >= 0.6 is 0 Å². The van der Waals surface area contributed by atoms with Crippen molar-refractivity contribution in [3.8, 4) is 17.8 Å². The van der Waals surface area contributed by atoms with E-state index >= 15 is 0 Å². The van der Waals surface area contributed by atoms with E-state index in [1.54, 1.807) is 7.11 Å². The predicted octanol–water partition coefficient (Wildman–Crippen LogP) is 3.37. The molecule has 1 N–H and O–H groups in total. The number of rotatable bonds is 7. The molecule has 0 amide bonds. The van der Waals surface area contributed by atoms with Gasteiger partial charge in [-0.1, -0.05) is 24.3 Å². The molecule has 9 nitrogen and oxygen atoms in total. The second-order valence-electron chi connectivity index (χ2n) is 10.8. The maximum Gasteiger partial charge on any atom is 0.318 e. The van der Waals surface area contributed by atoms with Crippen LogP contribution in [0, 0.1) is 11.3 Å². The Morgan fingerprint density at radius 3 is 2.85 bits per heavy atom. The van der Waals surface area contributed by atoms with Crippen LogP contribution in [0.15, 0.2) is 36.4 Å². The first-order valence-corrected chi connectivity index (χ1v) is 14.0. The summed E-state index contributed by atoms with van der Waals surface area (Å²) in [6, 6.07) is 16.0. The maximum atomic E-state index is 9.28. The lowest BCUT2D eigenvalue weighted by atomic mass is 10.0. The molecule has 204 valence electrons. The molecule has 2 atom stereocenters. The van der Waals surface area contributed by atoms with E-state index < -0.39 is 0 Å². The third kappa shape index (κ3) is 5.32. The van der Waals surface area contributed by atoms with Crippen LogP contribution in [0.25, 0.3) is 10.8 Å². The average Bonchev–Trinajstić information content (AvgIpc) is 3.39. The monoisotopic (exact) mass is 527 g/mol. The third-order valence-electron chi connectivity index (χ3n) is 8.38. The number of anilines is 2. The topological polar surface area (TPSA) is 89.8 Å². The zero-order chi connectivity index (χ0) is 26.8. The zero-order valence-electron chi connectivity index (χ0n) is 22.9. The smallest absolute Gasteiger partial charge is 0.318 e. The molecule has 2 aromatic carbocycles. The standard InChI is InChI=1S/C30H37N7O2/c1-35-13-5-7-23(35)20-39-30-33-27-19-36(28-17-24(38-2)16-21-6-3-4-8-25(21)28)14-10-26(27)29(34-30)37-15-12-32-22(18-37)9-11-31/h3-4,6,8,16-17,22-23,32H,5,7,9-10,12-15,18-20H2,1-2H3/t22-,23-/m0/s1. The van der Waals surface area contributed by atoms with Crippen molar-refractivity contribution in [3.63, 3.8) is 0 Å². The van der Waals surface area contributed by atoms with Crippen LogP contribution in [0.3, 0.4) is 0 Å². The molecule has 1 aromatic heterocycles. The van der Waals surface area contributed by atoms with Crippen molar-refractivity contribution in [2.75, 3.05) is 63.3 Å². The number of benzene rings is 2. The number of hydrogen-bond donors (Lipinski definition) is 1. The number of methoxy groups -OCH3 is 1. The number of piperazine rings is 1. The highest BCUT2D eigenvalue weighted by Gasteiger charge is 2.30. The SMILES string of the molecule is COc1cc(N2CCc3c(nc(OC[C@@H]4CCCN4C)nc3N3CCN[C@@H](CC#N)C3)C2)c2ccccc2c1. The summed E-state index contributed by atoms with van der Waals surface area (Å²) in [6.45, 7) is 5.67. The van der Waals surface area contributed by atoms with Crippen LogP contribution in [0.1, 0.15) is 30.5 Å². The minimum Gasteiger partial charge on any atom is -0.497 e. The number of fused-ring (bicyclic) bond motifs is 2. The summed E-state index contributed by atoms with van der Waals surface area (Å²) in [4.78, 5) is 17.1. The van der Waals surface area contributed by atoms with E-state index in [4.69, 9.17) is 19.4 Å². The van der Waals surface area contributed by atoms with Crippen molar-refractivity contribution in [1.29, 1.82) is 5.26 Å². The van der Waals surface area contributed by atoms with Gasteiger partial charge in [-0.25, -0.2) is 0 Å². The fourth-order valence-electron chi connectivity index (χ4n) is 6.19. The highest BCUT2D eigenvalue weighted by molar-refractivity contribution is 5.95. The Balaban J connectivity index is 1.34. The van der Waals surface area contributed by atoms with Gasteiger partial charge in [0.05, 0.1) is 31.8 Å². The van der Waals surface area contributed by atoms with Gasteiger partial charge in [-0.15, -0.1) is 0 Å². The van der Waals surface area contributed by atoms with E-state index in [1.807, 2.05) is 0 Å². The molecule has 0 aliphatic carbocycles. The maximum absolute atomic E-state index is 9.28. The van der Waals surface area contributed by atoms with Gasteiger partial charge < -0.3 is 29.5 Å². The van der Waals surface area contributed by atoms with E-state index in [9.17, 15) is 5.26 Å². The number of ether oxygens (including phenoxy) is 2. The molecule has 0 bridgehead atoms. The van der Waals surface area contributed by atoms with E-state index in [-0.39, 0.29) is 6.04 Å². The molecular weight excluding hydrogens is 490 g/mol. The molecule has 4 heterocycles. The van der Waals surface area contributed by atoms with E-state index in [1.165, 1.54) is 17.4 Å². The van der Waals surface area contributed by atoms with Crippen LogP contribution < -0.4 is 24.6 Å². The largest absolute Gasteiger partial charge is 0.497 e. The zero-order valence-corrected chi connectivity index (χ0v) is 22.9. The van der Waals surface area contributed by atoms with Crippen molar-refractivity contribution >= 4 is 22.3 Å². The van der Waals surface area contributed by atoms with Gasteiger partial charge in [-0.2, -0.15) is 15.2 Å². The van der Waals surface area contributed by atoms with Gasteiger partial charge in [-0.05, 0) is 44.3 Å². The van der Waals surface area contributed by atoms with Crippen molar-refractivity contribution < 1.29 is 9.47 Å². The molecule has 0 radical (unpaired) electrons. The summed E-state index contributed by atoms with van der Waals surface area (Å²) >= 11 is 0. The van der Waals surface area contributed by atoms with Crippen LogP contribution in [-0.4, -0.2) is 80.4 Å². The first-order valence-electron chi connectivity index (χ1n) is 14.0. The van der Waals surface area contributed by atoms with Gasteiger partial charge in [0.25, 0.3) is 0 Å². The number of aromatic nitrogens is 2. The molecule has 0 spiro atoms. The fourth-order valence-corrected chi connectivity index (χ4v) is 6.19. The summed E-state index contributed by atoms with van der Waals surface area (Å²) in [6.07, 6.45) is 3.66. The summed E-state index contributed by atoms with van der Waals surface area (Å²) in [5, 5.41) is 15.1. The van der Waals surface area contributed by atoms with Crippen LogP contribution in [-0.2, 0) is 13.0 Å². The molecule has 6 rings (SSSR count). The van der Waals surface area contributed by atoms with E-state index in [2.05, 4.69) is 69.5 Å². The molecule has 39 heavy (non-hydrogen) atoms. The van der Waals surface area contributed by atoms with Gasteiger partial charge in [0.2, 0.25) is 0 Å². The summed E-state index contributed by atoms with van der Waals surface area (Å²) in [5.74, 6) is 1.82. The Kier molecular flexibility index (Phi) is 7.40. The Bertz CT molecular complexity index is 1370. The fraction of sp³-hybridized carbons (Fsp3) is 0.500. The molecule has 0 unspecified atom stereocenters. The van der Waals surface area contributed by atoms with Crippen molar-refractivity contribution in [2.45, 2.75) is 44.3 Å². The number of nitriles is 1. The Hall–Kier alpha value is -3.61. The quantitative estimate of drug-likeness (QED) is 0.497. The number of likely N-dealkylation sites (tertiary alicyclic amines) is 1. The molecule has 3 aliphatic rings. The minimum absolute atomic E-state index is 0.133. The van der Waals surface area contributed by atoms with Gasteiger partial charge in [0.15, 0.2) is 0 Å². The minimum atomic E-state index is 0.133. The van der Waals surface area contributed by atoms with Gasteiger partial charge >= 0.3 is 6.01 Å². The van der Waals surface area contributed by atoms with Gasteiger partial charge in [0, 0.05) is 61.0 Å². The Morgan fingerprint density at radius 1 is 1.13 bits per heavy atom. The molecule has 3 aliphatic heterocycles. The molecular formula is C30H37N7O2. The van der Waals surface area contributed by atoms with E-state index in [0.717, 1.165) is 73.9 Å². The van der Waals surface area contributed by atoms with Crippen molar-refractivity contribution in [1.82, 2.24) is 20.2 Å². The van der Waals surface area contributed by atoms with Crippen LogP contribution in [0.4, 0.5) is 11.5 Å². The first kappa shape index (κ1) is 25.7. The first-order chi connectivity index (χ1) is 19.1. The molecule has 9 heteroatoms. The molecule has 0 saturated carbocycles. The predicted molar refractivity (Wildman–Crippen MR) is 153 cm³/mol. The third-order valence-corrected chi connectivity index (χ3v) is 8.38. The molecule has 2 fully saturated rings. The lowest BCUT2D eigenvalue weighted by Gasteiger charge is -2.37. The number of hydrogen-bond acceptors (Lipinski definition) is 9. The highest BCUT2D eigenvalue weighted by atomic mass is 16.5. The molecule has 2 saturated heterocycles. The second kappa shape index (κ2) is 11.2. The Morgan fingerprint density at radius 2 is 2.03 bits per heavy atom. The lowest BCUT2D eigenvalue weighted by Crippen LogP contribution is -2.51. The van der Waals surface area contributed by atoms with Crippen molar-refractivity contribution in [2.24, 2.45) is 0 Å². The Labute approximate surface area is 230 Å². The second-order valence-corrected chi connectivity index (χ2v) is 10.8. The lowest BCUT2D eigenvalue weighted by molar-refractivity contribution is 0.187. The van der Waals surface area contributed by atoms with Crippen LogP contribution in [0.2, 0.25) is 0 Å². The normalized spacial score (nSPS) is 21.6. The van der Waals surface area contributed by atoms with E-state index in [0.29, 0.717) is 31.6 Å². The van der Waals surface area contributed by atoms with Gasteiger partial charge in [0.1, 0.15) is 18.2 Å². The number of nitrogens with one attached hydrogen (secondary N) is 1. The highest BCUT2D eigenvalue weighted by Crippen LogP contribution is 2.36. The van der Waals surface area contributed by atoms with Crippen LogP contribution in [0.5, 0.6) is 11.8 Å². The van der Waals surface area contributed by atoms with Crippen molar-refractivity contribution in [3.05, 3.63) is 47.7 Å². The summed E-state index contributed by atoms with van der Waals surface area (Å²) in [7, 11) is 3.88. The average molecular weight is 528 g/mol. The summed E-state index contributed by atoms with van der Waals surface area (Å²) < 4.78 is 11.9. The summed E-state index contributed by atoms with van der Waals surface area (Å²) in [5.41, 5.74) is 3.37. The molecule has 3 aromatic rings.